The average molecular weight is 441 g/mol. The largest absolute Gasteiger partial charge is 0.507 e. The SMILES string of the molecule is O=C1NC(=S)N/C1=C\c1ccccc1O.O=C1NC(=S)N/C1=C\c1ccccc1O. The second-order valence-corrected chi connectivity index (χ2v) is 6.87. The van der Waals surface area contributed by atoms with Crippen molar-refractivity contribution < 1.29 is 19.8 Å². The van der Waals surface area contributed by atoms with Gasteiger partial charge in [-0.05, 0) is 48.7 Å². The highest BCUT2D eigenvalue weighted by Gasteiger charge is 2.21. The number of phenols is 2. The fourth-order valence-electron chi connectivity index (χ4n) is 2.49. The Morgan fingerprint density at radius 3 is 1.30 bits per heavy atom. The Kier molecular flexibility index (Phi) is 6.40. The fraction of sp³-hybridized carbons (Fsp3) is 0. The molecule has 2 heterocycles. The number of thiocarbonyl (C=S) groups is 2. The zero-order valence-electron chi connectivity index (χ0n) is 15.3. The summed E-state index contributed by atoms with van der Waals surface area (Å²) in [4.78, 5) is 22.6. The molecule has 0 saturated carbocycles. The molecule has 0 aromatic heterocycles. The lowest BCUT2D eigenvalue weighted by Gasteiger charge is -1.99. The molecular weight excluding hydrogens is 424 g/mol. The molecular formula is C20H16N4O4S2. The molecule has 0 spiro atoms. The number of rotatable bonds is 2. The topological polar surface area (TPSA) is 123 Å². The van der Waals surface area contributed by atoms with Crippen molar-refractivity contribution in [3.8, 4) is 11.5 Å². The summed E-state index contributed by atoms with van der Waals surface area (Å²) in [5.74, 6) is -0.332. The van der Waals surface area contributed by atoms with Crippen LogP contribution in [0.5, 0.6) is 11.5 Å². The van der Waals surface area contributed by atoms with Crippen molar-refractivity contribution in [3.63, 3.8) is 0 Å². The van der Waals surface area contributed by atoms with Gasteiger partial charge in [-0.15, -0.1) is 0 Å². The molecule has 2 saturated heterocycles. The summed E-state index contributed by atoms with van der Waals surface area (Å²) >= 11 is 9.55. The smallest absolute Gasteiger partial charge is 0.273 e. The number of para-hydroxylation sites is 2. The molecule has 30 heavy (non-hydrogen) atoms. The summed E-state index contributed by atoms with van der Waals surface area (Å²) in [5, 5.41) is 29.8. The van der Waals surface area contributed by atoms with Gasteiger partial charge in [-0.2, -0.15) is 0 Å². The summed E-state index contributed by atoms with van der Waals surface area (Å²) in [6.07, 6.45) is 3.09. The van der Waals surface area contributed by atoms with Crippen LogP contribution in [0.15, 0.2) is 59.9 Å². The van der Waals surface area contributed by atoms with Crippen LogP contribution in [0.2, 0.25) is 0 Å². The van der Waals surface area contributed by atoms with E-state index in [1.807, 2.05) is 0 Å². The van der Waals surface area contributed by atoms with Crippen molar-refractivity contribution in [2.75, 3.05) is 0 Å². The predicted octanol–water partition coefficient (Wildman–Crippen LogP) is 1.47. The maximum atomic E-state index is 11.3. The second-order valence-electron chi connectivity index (χ2n) is 6.05. The molecule has 0 unspecified atom stereocenters. The molecule has 4 rings (SSSR count). The standard InChI is InChI=1S/2C10H8N2O2S/c2*13-8-4-2-1-3-6(8)5-7-9(14)12-10(15)11-7/h2*1-5,13H,(H2,11,12,14,15)/b2*7-5-. The summed E-state index contributed by atoms with van der Waals surface area (Å²) in [6, 6.07) is 13.5. The number of phenolic OH excluding ortho intramolecular Hbond substituents is 2. The van der Waals surface area contributed by atoms with Gasteiger partial charge in [-0.25, -0.2) is 0 Å². The van der Waals surface area contributed by atoms with Crippen LogP contribution in [0, 0.1) is 0 Å². The monoisotopic (exact) mass is 440 g/mol. The van der Waals surface area contributed by atoms with Crippen molar-refractivity contribution in [2.24, 2.45) is 0 Å². The molecule has 6 N–H and O–H groups in total. The van der Waals surface area contributed by atoms with Crippen LogP contribution in [0.1, 0.15) is 11.1 Å². The van der Waals surface area contributed by atoms with E-state index in [0.29, 0.717) is 22.5 Å². The number of carbonyl (C=O) groups is 2. The van der Waals surface area contributed by atoms with Gasteiger partial charge in [0.1, 0.15) is 22.9 Å². The Morgan fingerprint density at radius 1 is 0.633 bits per heavy atom. The minimum absolute atomic E-state index is 0.123. The Labute approximate surface area is 182 Å². The van der Waals surface area contributed by atoms with Crippen molar-refractivity contribution in [1.82, 2.24) is 21.3 Å². The number of amides is 2. The third-order valence-electron chi connectivity index (χ3n) is 3.91. The molecule has 152 valence electrons. The van der Waals surface area contributed by atoms with Gasteiger partial charge >= 0.3 is 0 Å². The highest BCUT2D eigenvalue weighted by molar-refractivity contribution is 7.80. The third-order valence-corrected chi connectivity index (χ3v) is 4.32. The van der Waals surface area contributed by atoms with E-state index in [9.17, 15) is 19.8 Å². The number of benzene rings is 2. The molecule has 8 nitrogen and oxygen atoms in total. The van der Waals surface area contributed by atoms with Gasteiger partial charge in [0.05, 0.1) is 0 Å². The number of hydrogen-bond acceptors (Lipinski definition) is 6. The molecule has 2 amide bonds. The maximum absolute atomic E-state index is 11.3. The molecule has 2 fully saturated rings. The molecule has 10 heteroatoms. The lowest BCUT2D eigenvalue weighted by Crippen LogP contribution is -2.21. The zero-order valence-corrected chi connectivity index (χ0v) is 16.9. The van der Waals surface area contributed by atoms with Crippen molar-refractivity contribution in [3.05, 3.63) is 71.1 Å². The maximum Gasteiger partial charge on any atom is 0.273 e. The Balaban J connectivity index is 0.000000171. The second kappa shape index (κ2) is 9.16. The number of aromatic hydroxyl groups is 2. The lowest BCUT2D eigenvalue weighted by molar-refractivity contribution is -0.116. The van der Waals surface area contributed by atoms with E-state index in [2.05, 4.69) is 21.3 Å². The first-order chi connectivity index (χ1) is 14.3. The van der Waals surface area contributed by atoms with E-state index >= 15 is 0 Å². The van der Waals surface area contributed by atoms with Gasteiger partial charge in [-0.1, -0.05) is 36.4 Å². The van der Waals surface area contributed by atoms with Gasteiger partial charge in [-0.3, -0.25) is 20.2 Å². The Bertz CT molecular complexity index is 1020. The van der Waals surface area contributed by atoms with E-state index in [-0.39, 0.29) is 33.5 Å². The highest BCUT2D eigenvalue weighted by atomic mass is 32.1. The van der Waals surface area contributed by atoms with Gasteiger partial charge in [0.2, 0.25) is 0 Å². The van der Waals surface area contributed by atoms with Crippen LogP contribution >= 0.6 is 24.4 Å². The van der Waals surface area contributed by atoms with E-state index in [1.54, 1.807) is 60.7 Å². The Morgan fingerprint density at radius 2 is 1.00 bits per heavy atom. The minimum Gasteiger partial charge on any atom is -0.507 e. The first-order valence-electron chi connectivity index (χ1n) is 8.57. The number of hydrogen-bond donors (Lipinski definition) is 6. The van der Waals surface area contributed by atoms with Crippen LogP contribution in [-0.4, -0.2) is 32.3 Å². The summed E-state index contributed by atoms with van der Waals surface area (Å²) < 4.78 is 0. The van der Waals surface area contributed by atoms with Gasteiger partial charge in [0.25, 0.3) is 11.8 Å². The van der Waals surface area contributed by atoms with Crippen LogP contribution in [0.3, 0.4) is 0 Å². The van der Waals surface area contributed by atoms with E-state index in [1.165, 1.54) is 0 Å². The van der Waals surface area contributed by atoms with Gasteiger partial charge < -0.3 is 20.8 Å². The van der Waals surface area contributed by atoms with E-state index in [0.717, 1.165) is 0 Å². The van der Waals surface area contributed by atoms with Crippen LogP contribution in [-0.2, 0) is 9.59 Å². The molecule has 0 atom stereocenters. The lowest BCUT2D eigenvalue weighted by atomic mass is 10.1. The molecule has 2 aromatic rings. The van der Waals surface area contributed by atoms with E-state index in [4.69, 9.17) is 24.4 Å². The van der Waals surface area contributed by atoms with Crippen molar-refractivity contribution in [1.29, 1.82) is 0 Å². The average Bonchev–Trinajstić information content (AvgIpc) is 3.19. The quantitative estimate of drug-likeness (QED) is 0.307. The molecule has 0 bridgehead atoms. The van der Waals surface area contributed by atoms with Crippen LogP contribution < -0.4 is 21.3 Å². The van der Waals surface area contributed by atoms with Gasteiger partial charge in [0, 0.05) is 11.1 Å². The summed E-state index contributed by atoms with van der Waals surface area (Å²) in [5.41, 5.74) is 1.81. The van der Waals surface area contributed by atoms with Crippen molar-refractivity contribution in [2.45, 2.75) is 0 Å². The normalized spacial score (nSPS) is 17.7. The Hall–Kier alpha value is -3.76. The zero-order chi connectivity index (χ0) is 21.7. The first kappa shape index (κ1) is 21.0. The molecule has 2 aliphatic heterocycles. The first-order valence-corrected chi connectivity index (χ1v) is 9.39. The predicted molar refractivity (Wildman–Crippen MR) is 120 cm³/mol. The highest BCUT2D eigenvalue weighted by Crippen LogP contribution is 2.20. The molecule has 0 radical (unpaired) electrons. The van der Waals surface area contributed by atoms with Crippen LogP contribution in [0.25, 0.3) is 12.2 Å². The van der Waals surface area contributed by atoms with E-state index < -0.39 is 0 Å². The molecule has 0 aliphatic carbocycles. The number of nitrogens with one attached hydrogen (secondary N) is 4. The van der Waals surface area contributed by atoms with Crippen LogP contribution in [0.4, 0.5) is 0 Å². The van der Waals surface area contributed by atoms with Gasteiger partial charge in [0.15, 0.2) is 10.2 Å². The summed E-state index contributed by atoms with van der Waals surface area (Å²) in [6.45, 7) is 0. The number of carbonyl (C=O) groups excluding carboxylic acids is 2. The molecule has 2 aromatic carbocycles. The fourth-order valence-corrected chi connectivity index (χ4v) is 2.90. The minimum atomic E-state index is -0.289. The van der Waals surface area contributed by atoms with Crippen molar-refractivity contribution >= 4 is 58.6 Å². The third kappa shape index (κ3) is 5.19. The molecule has 2 aliphatic rings. The summed E-state index contributed by atoms with van der Waals surface area (Å²) in [7, 11) is 0.